The minimum absolute atomic E-state index is 0.00302. The molecule has 0 spiro atoms. The van der Waals surface area contributed by atoms with E-state index in [0.29, 0.717) is 10.9 Å². The van der Waals surface area contributed by atoms with Crippen molar-refractivity contribution in [3.63, 3.8) is 0 Å². The van der Waals surface area contributed by atoms with Gasteiger partial charge in [-0.1, -0.05) is 23.2 Å². The third kappa shape index (κ3) is 4.31. The van der Waals surface area contributed by atoms with Crippen LogP contribution in [-0.2, 0) is 13.2 Å². The van der Waals surface area contributed by atoms with Gasteiger partial charge in [-0.25, -0.2) is 0 Å². The zero-order chi connectivity index (χ0) is 23.9. The lowest BCUT2D eigenvalue weighted by atomic mass is 10.0. The second-order valence-corrected chi connectivity index (χ2v) is 7.95. The third-order valence-corrected chi connectivity index (χ3v) is 5.81. The van der Waals surface area contributed by atoms with Crippen molar-refractivity contribution < 1.29 is 18.0 Å². The maximum Gasteiger partial charge on any atom is 0.416 e. The molecule has 1 N–H and O–H groups in total. The number of carbonyl (C=O) groups is 1. The lowest BCUT2D eigenvalue weighted by Crippen LogP contribution is -2.19. The molecule has 168 valence electrons. The van der Waals surface area contributed by atoms with Crippen LogP contribution >= 0.6 is 23.2 Å². The van der Waals surface area contributed by atoms with Crippen LogP contribution in [0, 0.1) is 0 Å². The van der Waals surface area contributed by atoms with E-state index in [0.717, 1.165) is 24.3 Å². The van der Waals surface area contributed by atoms with Gasteiger partial charge in [-0.15, -0.1) is 0 Å². The van der Waals surface area contributed by atoms with E-state index in [1.54, 1.807) is 31.6 Å². The van der Waals surface area contributed by atoms with Gasteiger partial charge in [-0.2, -0.15) is 13.2 Å². The molecule has 5 nitrogen and oxygen atoms in total. The quantitative estimate of drug-likeness (QED) is 0.372. The van der Waals surface area contributed by atoms with Crippen molar-refractivity contribution in [2.45, 2.75) is 6.18 Å². The molecule has 2 heterocycles. The Balaban J connectivity index is 1.74. The molecule has 2 aromatic carbocycles. The molecule has 0 aliphatic rings. The number of aromatic nitrogens is 2. The highest BCUT2D eigenvalue weighted by Crippen LogP contribution is 2.39. The van der Waals surface area contributed by atoms with Crippen LogP contribution in [0.4, 0.5) is 18.9 Å². The molecule has 0 aliphatic carbocycles. The minimum atomic E-state index is -4.51. The first-order valence-electron chi connectivity index (χ1n) is 9.48. The fourth-order valence-electron chi connectivity index (χ4n) is 3.40. The number of pyridine rings is 2. The van der Waals surface area contributed by atoms with Gasteiger partial charge < -0.3 is 9.88 Å². The smallest absolute Gasteiger partial charge is 0.321 e. The molecule has 33 heavy (non-hydrogen) atoms. The lowest BCUT2D eigenvalue weighted by molar-refractivity contribution is -0.137. The van der Waals surface area contributed by atoms with E-state index >= 15 is 0 Å². The predicted molar refractivity (Wildman–Crippen MR) is 122 cm³/mol. The van der Waals surface area contributed by atoms with Gasteiger partial charge in [0, 0.05) is 36.0 Å². The SMILES string of the molecule is Cn1c(=O)c(-c2c(Cl)ccc(NC(=O)c3ccc(C(F)(F)F)cc3)c2Cl)cc2cnccc21. The average molecular weight is 492 g/mol. The van der Waals surface area contributed by atoms with Crippen molar-refractivity contribution in [2.24, 2.45) is 7.05 Å². The van der Waals surface area contributed by atoms with Crippen molar-refractivity contribution >= 4 is 45.7 Å². The molecule has 0 fully saturated rings. The zero-order valence-electron chi connectivity index (χ0n) is 16.9. The summed E-state index contributed by atoms with van der Waals surface area (Å²) in [5.41, 5.74) is 0.0140. The first-order valence-corrected chi connectivity index (χ1v) is 10.2. The van der Waals surface area contributed by atoms with E-state index in [4.69, 9.17) is 23.2 Å². The molecule has 0 saturated carbocycles. The normalized spacial score (nSPS) is 11.6. The molecule has 1 amide bonds. The number of halogens is 5. The molecule has 4 aromatic rings. The zero-order valence-corrected chi connectivity index (χ0v) is 18.4. The van der Waals surface area contributed by atoms with Crippen LogP contribution in [-0.4, -0.2) is 15.5 Å². The highest BCUT2D eigenvalue weighted by molar-refractivity contribution is 6.41. The first kappa shape index (κ1) is 22.8. The average Bonchev–Trinajstić information content (AvgIpc) is 2.78. The van der Waals surface area contributed by atoms with Crippen molar-refractivity contribution in [1.29, 1.82) is 0 Å². The highest BCUT2D eigenvalue weighted by Gasteiger charge is 2.30. The number of aryl methyl sites for hydroxylation is 1. The molecule has 0 unspecified atom stereocenters. The second kappa shape index (κ2) is 8.53. The van der Waals surface area contributed by atoms with Gasteiger partial charge in [0.15, 0.2) is 0 Å². The van der Waals surface area contributed by atoms with Crippen LogP contribution in [0.3, 0.4) is 0 Å². The summed E-state index contributed by atoms with van der Waals surface area (Å²) in [4.78, 5) is 29.7. The van der Waals surface area contributed by atoms with Crippen LogP contribution in [0.25, 0.3) is 22.0 Å². The van der Waals surface area contributed by atoms with Crippen LogP contribution < -0.4 is 10.9 Å². The molecular formula is C23H14Cl2F3N3O2. The molecule has 0 bridgehead atoms. The predicted octanol–water partition coefficient (Wildman–Crippen LogP) is 6.18. The first-order chi connectivity index (χ1) is 15.6. The Bertz CT molecular complexity index is 1450. The number of carbonyl (C=O) groups excluding carboxylic acids is 1. The Morgan fingerprint density at radius 2 is 1.76 bits per heavy atom. The summed E-state index contributed by atoms with van der Waals surface area (Å²) in [7, 11) is 1.60. The van der Waals surface area contributed by atoms with E-state index < -0.39 is 17.6 Å². The number of hydrogen-bond donors (Lipinski definition) is 1. The van der Waals surface area contributed by atoms with Gasteiger partial charge in [0.2, 0.25) is 0 Å². The topological polar surface area (TPSA) is 64.0 Å². The second-order valence-electron chi connectivity index (χ2n) is 7.17. The molecule has 0 radical (unpaired) electrons. The van der Waals surface area contributed by atoms with Gasteiger partial charge in [0.05, 0.1) is 32.4 Å². The summed E-state index contributed by atoms with van der Waals surface area (Å²) in [6.07, 6.45) is -1.35. The number of fused-ring (bicyclic) bond motifs is 1. The number of anilines is 1. The van der Waals surface area contributed by atoms with E-state index in [9.17, 15) is 22.8 Å². The fourth-order valence-corrected chi connectivity index (χ4v) is 4.02. The van der Waals surface area contributed by atoms with E-state index in [-0.39, 0.29) is 38.0 Å². The summed E-state index contributed by atoms with van der Waals surface area (Å²) >= 11 is 12.9. The van der Waals surface area contributed by atoms with Crippen LogP contribution in [0.5, 0.6) is 0 Å². The van der Waals surface area contributed by atoms with Crippen molar-refractivity contribution in [2.75, 3.05) is 5.32 Å². The minimum Gasteiger partial charge on any atom is -0.321 e. The van der Waals surface area contributed by atoms with Gasteiger partial charge in [0.1, 0.15) is 0 Å². The molecular weight excluding hydrogens is 478 g/mol. The number of nitrogens with zero attached hydrogens (tertiary/aromatic N) is 2. The molecule has 0 aliphatic heterocycles. The summed E-state index contributed by atoms with van der Waals surface area (Å²) in [6.45, 7) is 0. The molecule has 2 aromatic heterocycles. The standard InChI is InChI=1S/C23H14Cl2F3N3O2/c1-31-18-8-9-29-11-13(18)10-15(22(31)33)19-16(24)6-7-17(20(19)25)30-21(32)12-2-4-14(5-3-12)23(26,27)28/h2-11H,1H3,(H,30,32). The van der Waals surface area contributed by atoms with Crippen molar-refractivity contribution in [3.05, 3.63) is 92.5 Å². The van der Waals surface area contributed by atoms with E-state index in [2.05, 4.69) is 10.3 Å². The van der Waals surface area contributed by atoms with Crippen LogP contribution in [0.2, 0.25) is 10.0 Å². The van der Waals surface area contributed by atoms with Crippen LogP contribution in [0.15, 0.2) is 65.7 Å². The number of amides is 1. The van der Waals surface area contributed by atoms with Gasteiger partial charge in [0.25, 0.3) is 11.5 Å². The van der Waals surface area contributed by atoms with E-state index in [1.165, 1.54) is 16.7 Å². The van der Waals surface area contributed by atoms with Crippen LogP contribution in [0.1, 0.15) is 15.9 Å². The monoisotopic (exact) mass is 491 g/mol. The van der Waals surface area contributed by atoms with Gasteiger partial charge in [-0.05, 0) is 48.5 Å². The summed E-state index contributed by atoms with van der Waals surface area (Å²) in [5, 5.41) is 3.45. The summed E-state index contributed by atoms with van der Waals surface area (Å²) in [5.74, 6) is -0.672. The lowest BCUT2D eigenvalue weighted by Gasteiger charge is -2.15. The largest absolute Gasteiger partial charge is 0.416 e. The maximum absolute atomic E-state index is 13.0. The molecule has 0 saturated heterocycles. The van der Waals surface area contributed by atoms with Gasteiger partial charge >= 0.3 is 6.18 Å². The Labute approximate surface area is 195 Å². The fraction of sp³-hybridized carbons (Fsp3) is 0.0870. The summed E-state index contributed by atoms with van der Waals surface area (Å²) in [6, 6.07) is 9.99. The Kier molecular flexibility index (Phi) is 5.90. The number of benzene rings is 2. The Morgan fingerprint density at radius 1 is 1.06 bits per heavy atom. The molecule has 4 rings (SSSR count). The molecule has 0 atom stereocenters. The van der Waals surface area contributed by atoms with Crippen molar-refractivity contribution in [3.8, 4) is 11.1 Å². The Morgan fingerprint density at radius 3 is 2.42 bits per heavy atom. The highest BCUT2D eigenvalue weighted by atomic mass is 35.5. The van der Waals surface area contributed by atoms with E-state index in [1.807, 2.05) is 0 Å². The Hall–Kier alpha value is -3.36. The third-order valence-electron chi connectivity index (χ3n) is 5.11. The number of nitrogens with one attached hydrogen (secondary N) is 1. The van der Waals surface area contributed by atoms with Gasteiger partial charge in [-0.3, -0.25) is 14.6 Å². The maximum atomic E-state index is 13.0. The number of alkyl halides is 3. The number of rotatable bonds is 3. The van der Waals surface area contributed by atoms with Crippen molar-refractivity contribution in [1.82, 2.24) is 9.55 Å². The number of hydrogen-bond acceptors (Lipinski definition) is 3. The molecule has 10 heteroatoms. The summed E-state index contributed by atoms with van der Waals surface area (Å²) < 4.78 is 39.7.